The van der Waals surface area contributed by atoms with Gasteiger partial charge in [0.1, 0.15) is 6.61 Å². The highest BCUT2D eigenvalue weighted by Gasteiger charge is 2.17. The molecule has 0 aliphatic carbocycles. The maximum atomic E-state index is 11.1. The van der Waals surface area contributed by atoms with E-state index in [0.717, 1.165) is 0 Å². The van der Waals surface area contributed by atoms with Crippen molar-refractivity contribution in [2.75, 3.05) is 19.8 Å². The lowest BCUT2D eigenvalue weighted by Gasteiger charge is -2.23. The molecule has 0 saturated carbocycles. The maximum absolute atomic E-state index is 11.1. The van der Waals surface area contributed by atoms with E-state index >= 15 is 0 Å². The molecule has 4 heteroatoms. The van der Waals surface area contributed by atoms with E-state index in [0.29, 0.717) is 13.2 Å². The van der Waals surface area contributed by atoms with Crippen molar-refractivity contribution in [2.24, 2.45) is 5.73 Å². The first-order valence-corrected chi connectivity index (χ1v) is 4.10. The van der Waals surface area contributed by atoms with Gasteiger partial charge >= 0.3 is 0 Å². The zero-order valence-corrected chi connectivity index (χ0v) is 8.02. The lowest BCUT2D eigenvalue weighted by atomic mass is 10.1. The molecule has 0 radical (unpaired) electrons. The summed E-state index contributed by atoms with van der Waals surface area (Å²) in [5.74, 6) is -0.118. The summed E-state index contributed by atoms with van der Waals surface area (Å²) in [5.41, 5.74) is 5.09. The van der Waals surface area contributed by atoms with Crippen LogP contribution in [0.3, 0.4) is 0 Å². The third-order valence-electron chi connectivity index (χ3n) is 1.43. The van der Waals surface area contributed by atoms with Gasteiger partial charge in [-0.2, -0.15) is 0 Å². The van der Waals surface area contributed by atoms with Crippen LogP contribution in [0.15, 0.2) is 0 Å². The van der Waals surface area contributed by atoms with Crippen molar-refractivity contribution in [2.45, 2.75) is 26.3 Å². The number of rotatable bonds is 5. The van der Waals surface area contributed by atoms with Crippen LogP contribution >= 0.6 is 0 Å². The van der Waals surface area contributed by atoms with Gasteiger partial charge in [0.25, 0.3) is 0 Å². The van der Waals surface area contributed by atoms with Crippen LogP contribution in [-0.4, -0.2) is 31.2 Å². The number of carbonyl (C=O) groups excluding carboxylic acids is 1. The monoisotopic (exact) mass is 174 g/mol. The van der Waals surface area contributed by atoms with Crippen LogP contribution in [-0.2, 0) is 9.53 Å². The smallest absolute Gasteiger partial charge is 0.246 e. The highest BCUT2D eigenvalue weighted by molar-refractivity contribution is 5.77. The van der Waals surface area contributed by atoms with E-state index in [4.69, 9.17) is 10.5 Å². The molecule has 0 saturated heterocycles. The Morgan fingerprint density at radius 2 is 2.17 bits per heavy atom. The molecule has 0 aliphatic rings. The Kier molecular flexibility index (Phi) is 4.85. The van der Waals surface area contributed by atoms with Crippen LogP contribution in [0, 0.1) is 0 Å². The van der Waals surface area contributed by atoms with Gasteiger partial charge in [0, 0.05) is 18.7 Å². The summed E-state index contributed by atoms with van der Waals surface area (Å²) >= 11 is 0. The fraction of sp³-hybridized carbons (Fsp3) is 0.875. The van der Waals surface area contributed by atoms with Gasteiger partial charge in [-0.1, -0.05) is 0 Å². The average molecular weight is 174 g/mol. The van der Waals surface area contributed by atoms with Crippen LogP contribution in [0.4, 0.5) is 0 Å². The number of ether oxygens (including phenoxy) is 1. The number of nitrogens with two attached hydrogens (primary N) is 1. The molecule has 72 valence electrons. The van der Waals surface area contributed by atoms with E-state index < -0.39 is 0 Å². The standard InChI is InChI=1S/C8H18N2O2/c1-4-12-5-7(11)10-8(2,3)6-9/h4-6,9H2,1-3H3,(H,10,11). The molecule has 0 aromatic rings. The lowest BCUT2D eigenvalue weighted by Crippen LogP contribution is -2.50. The Balaban J connectivity index is 3.68. The Morgan fingerprint density at radius 3 is 2.58 bits per heavy atom. The molecule has 4 nitrogen and oxygen atoms in total. The van der Waals surface area contributed by atoms with E-state index in [9.17, 15) is 4.79 Å². The van der Waals surface area contributed by atoms with Gasteiger partial charge in [0.15, 0.2) is 0 Å². The van der Waals surface area contributed by atoms with Crippen LogP contribution in [0.2, 0.25) is 0 Å². The predicted molar refractivity (Wildman–Crippen MR) is 47.8 cm³/mol. The summed E-state index contributed by atoms with van der Waals surface area (Å²) in [7, 11) is 0. The highest BCUT2D eigenvalue weighted by Crippen LogP contribution is 1.97. The summed E-state index contributed by atoms with van der Waals surface area (Å²) in [6.45, 7) is 6.68. The van der Waals surface area contributed by atoms with E-state index in [2.05, 4.69) is 5.32 Å². The minimum absolute atomic E-state index is 0.111. The lowest BCUT2D eigenvalue weighted by molar-refractivity contribution is -0.127. The summed E-state index contributed by atoms with van der Waals surface area (Å²) in [5, 5.41) is 2.75. The van der Waals surface area contributed by atoms with Gasteiger partial charge in [-0.05, 0) is 20.8 Å². The van der Waals surface area contributed by atoms with Crippen molar-refractivity contribution in [1.82, 2.24) is 5.32 Å². The molecule has 0 bridgehead atoms. The van der Waals surface area contributed by atoms with Crippen molar-refractivity contribution in [1.29, 1.82) is 0 Å². The van der Waals surface area contributed by atoms with Gasteiger partial charge in [-0.25, -0.2) is 0 Å². The summed E-state index contributed by atoms with van der Waals surface area (Å²) in [6.07, 6.45) is 0. The van der Waals surface area contributed by atoms with Crippen molar-refractivity contribution in [3.05, 3.63) is 0 Å². The third kappa shape index (κ3) is 5.09. The van der Waals surface area contributed by atoms with Crippen molar-refractivity contribution in [3.63, 3.8) is 0 Å². The van der Waals surface area contributed by atoms with Crippen molar-refractivity contribution in [3.8, 4) is 0 Å². The summed E-state index contributed by atoms with van der Waals surface area (Å²) in [4.78, 5) is 11.1. The fourth-order valence-corrected chi connectivity index (χ4v) is 0.659. The minimum Gasteiger partial charge on any atom is -0.372 e. The van der Waals surface area contributed by atoms with E-state index in [1.807, 2.05) is 20.8 Å². The van der Waals surface area contributed by atoms with Crippen LogP contribution < -0.4 is 11.1 Å². The molecular formula is C8H18N2O2. The first-order valence-electron chi connectivity index (χ1n) is 4.10. The number of hydrogen-bond donors (Lipinski definition) is 2. The molecule has 0 fully saturated rings. The number of amides is 1. The Bertz CT molecular complexity index is 146. The molecule has 0 aromatic carbocycles. The zero-order valence-electron chi connectivity index (χ0n) is 8.02. The molecule has 0 heterocycles. The zero-order chi connectivity index (χ0) is 9.61. The van der Waals surface area contributed by atoms with Gasteiger partial charge < -0.3 is 15.8 Å². The SMILES string of the molecule is CCOCC(=O)NC(C)(C)CN. The number of carbonyl (C=O) groups is 1. The second-order valence-corrected chi connectivity index (χ2v) is 3.27. The summed E-state index contributed by atoms with van der Waals surface area (Å²) in [6, 6.07) is 0. The van der Waals surface area contributed by atoms with E-state index in [-0.39, 0.29) is 18.1 Å². The maximum Gasteiger partial charge on any atom is 0.246 e. The highest BCUT2D eigenvalue weighted by atomic mass is 16.5. The fourth-order valence-electron chi connectivity index (χ4n) is 0.659. The first kappa shape index (κ1) is 11.4. The van der Waals surface area contributed by atoms with E-state index in [1.165, 1.54) is 0 Å². The molecular weight excluding hydrogens is 156 g/mol. The molecule has 0 spiro atoms. The van der Waals surface area contributed by atoms with Gasteiger partial charge in [-0.3, -0.25) is 4.79 Å². The second-order valence-electron chi connectivity index (χ2n) is 3.27. The molecule has 0 unspecified atom stereocenters. The largest absolute Gasteiger partial charge is 0.372 e. The average Bonchev–Trinajstić information content (AvgIpc) is 2.00. The number of hydrogen-bond acceptors (Lipinski definition) is 3. The molecule has 12 heavy (non-hydrogen) atoms. The van der Waals surface area contributed by atoms with Gasteiger partial charge in [0.2, 0.25) is 5.91 Å². The first-order chi connectivity index (χ1) is 5.52. The Hall–Kier alpha value is -0.610. The van der Waals surface area contributed by atoms with Crippen LogP contribution in [0.1, 0.15) is 20.8 Å². The van der Waals surface area contributed by atoms with Gasteiger partial charge in [0.05, 0.1) is 0 Å². The van der Waals surface area contributed by atoms with Gasteiger partial charge in [-0.15, -0.1) is 0 Å². The van der Waals surface area contributed by atoms with Crippen molar-refractivity contribution >= 4 is 5.91 Å². The normalized spacial score (nSPS) is 11.3. The number of nitrogens with one attached hydrogen (secondary N) is 1. The predicted octanol–water partition coefficient (Wildman–Crippen LogP) is -0.124. The quantitative estimate of drug-likeness (QED) is 0.610. The molecule has 0 aliphatic heterocycles. The Morgan fingerprint density at radius 1 is 1.58 bits per heavy atom. The minimum atomic E-state index is -0.339. The summed E-state index contributed by atoms with van der Waals surface area (Å²) < 4.78 is 4.93. The van der Waals surface area contributed by atoms with Crippen LogP contribution in [0.25, 0.3) is 0 Å². The van der Waals surface area contributed by atoms with Crippen LogP contribution in [0.5, 0.6) is 0 Å². The molecule has 3 N–H and O–H groups in total. The third-order valence-corrected chi connectivity index (χ3v) is 1.43. The Labute approximate surface area is 73.5 Å². The molecule has 0 atom stereocenters. The second kappa shape index (κ2) is 5.11. The molecule has 1 amide bonds. The van der Waals surface area contributed by atoms with Crippen molar-refractivity contribution < 1.29 is 9.53 Å². The van der Waals surface area contributed by atoms with E-state index in [1.54, 1.807) is 0 Å². The molecule has 0 rings (SSSR count). The molecule has 0 aromatic heterocycles. The topological polar surface area (TPSA) is 64.3 Å².